The van der Waals surface area contributed by atoms with E-state index in [1.54, 1.807) is 12.1 Å². The highest BCUT2D eigenvalue weighted by Crippen LogP contribution is 2.22. The Morgan fingerprint density at radius 3 is 2.06 bits per heavy atom. The third-order valence-corrected chi connectivity index (χ3v) is 3.57. The van der Waals surface area contributed by atoms with Crippen LogP contribution in [0.4, 0.5) is 0 Å². The van der Waals surface area contributed by atoms with Gasteiger partial charge in [0.2, 0.25) is 0 Å². The molecule has 4 nitrogen and oxygen atoms in total. The Morgan fingerprint density at radius 2 is 1.59 bits per heavy atom. The first-order chi connectivity index (χ1) is 7.97. The van der Waals surface area contributed by atoms with Crippen LogP contribution >= 0.6 is 31.9 Å². The summed E-state index contributed by atoms with van der Waals surface area (Å²) in [5, 5.41) is 18.8. The lowest BCUT2D eigenvalue weighted by molar-refractivity contribution is 0.0572. The largest absolute Gasteiger partial charge is 0.388 e. The summed E-state index contributed by atoms with van der Waals surface area (Å²) in [6, 6.07) is 5.26. The zero-order chi connectivity index (χ0) is 12.6. The molecule has 92 valence electrons. The van der Waals surface area contributed by atoms with Crippen molar-refractivity contribution in [1.29, 1.82) is 0 Å². The van der Waals surface area contributed by atoms with Crippen molar-refractivity contribution in [3.05, 3.63) is 32.7 Å². The maximum Gasteiger partial charge on any atom is 0.254 e. The number of amides is 1. The second-order valence-electron chi connectivity index (χ2n) is 4.00. The molecular formula is C11H11Br2NO3. The predicted octanol–water partition coefficient (Wildman–Crippen LogP) is 1.39. The average molecular weight is 365 g/mol. The summed E-state index contributed by atoms with van der Waals surface area (Å²) in [4.78, 5) is 13.6. The molecule has 0 aromatic heterocycles. The summed E-state index contributed by atoms with van der Waals surface area (Å²) in [5.74, 6) is -0.192. The molecule has 0 spiro atoms. The summed E-state index contributed by atoms with van der Waals surface area (Å²) >= 11 is 6.63. The molecule has 1 aliphatic heterocycles. The smallest absolute Gasteiger partial charge is 0.254 e. The lowest BCUT2D eigenvalue weighted by Crippen LogP contribution is -2.29. The van der Waals surface area contributed by atoms with Gasteiger partial charge in [0.25, 0.3) is 5.91 Å². The highest BCUT2D eigenvalue weighted by atomic mass is 79.9. The molecule has 1 aromatic rings. The number of rotatable bonds is 1. The van der Waals surface area contributed by atoms with Crippen molar-refractivity contribution < 1.29 is 15.0 Å². The van der Waals surface area contributed by atoms with E-state index in [1.165, 1.54) is 4.90 Å². The van der Waals surface area contributed by atoms with E-state index in [4.69, 9.17) is 0 Å². The van der Waals surface area contributed by atoms with Gasteiger partial charge < -0.3 is 15.1 Å². The van der Waals surface area contributed by atoms with Gasteiger partial charge in [-0.3, -0.25) is 4.79 Å². The van der Waals surface area contributed by atoms with E-state index in [-0.39, 0.29) is 19.0 Å². The summed E-state index contributed by atoms with van der Waals surface area (Å²) < 4.78 is 1.60. The van der Waals surface area contributed by atoms with Gasteiger partial charge >= 0.3 is 0 Å². The van der Waals surface area contributed by atoms with E-state index in [0.717, 1.165) is 8.95 Å². The lowest BCUT2D eigenvalue weighted by atomic mass is 10.2. The van der Waals surface area contributed by atoms with Crippen LogP contribution in [0.3, 0.4) is 0 Å². The zero-order valence-corrected chi connectivity index (χ0v) is 12.0. The number of halogens is 2. The summed E-state index contributed by atoms with van der Waals surface area (Å²) in [6.45, 7) is 0.342. The van der Waals surface area contributed by atoms with Crippen LogP contribution in [-0.2, 0) is 0 Å². The normalized spacial score (nSPS) is 24.1. The van der Waals surface area contributed by atoms with Crippen LogP contribution in [0.1, 0.15) is 10.4 Å². The Hall–Kier alpha value is -0.430. The second-order valence-corrected chi connectivity index (χ2v) is 5.83. The number of aliphatic hydroxyl groups is 2. The number of benzene rings is 1. The lowest BCUT2D eigenvalue weighted by Gasteiger charge is -2.15. The zero-order valence-electron chi connectivity index (χ0n) is 8.81. The fourth-order valence-electron chi connectivity index (χ4n) is 1.80. The van der Waals surface area contributed by atoms with Gasteiger partial charge in [-0.2, -0.15) is 0 Å². The number of carbonyl (C=O) groups excluding carboxylic acids is 1. The molecule has 1 fully saturated rings. The number of likely N-dealkylation sites (tertiary alicyclic amines) is 1. The number of hydrogen-bond donors (Lipinski definition) is 2. The van der Waals surface area contributed by atoms with Crippen molar-refractivity contribution in [2.24, 2.45) is 0 Å². The van der Waals surface area contributed by atoms with Crippen LogP contribution in [-0.4, -0.2) is 46.3 Å². The van der Waals surface area contributed by atoms with Crippen LogP contribution < -0.4 is 0 Å². The number of nitrogens with zero attached hydrogens (tertiary/aromatic N) is 1. The summed E-state index contributed by atoms with van der Waals surface area (Å²) in [6.07, 6.45) is -1.70. The van der Waals surface area contributed by atoms with E-state index in [0.29, 0.717) is 5.56 Å². The highest BCUT2D eigenvalue weighted by molar-refractivity contribution is 9.11. The predicted molar refractivity (Wildman–Crippen MR) is 69.8 cm³/mol. The van der Waals surface area contributed by atoms with Crippen LogP contribution in [0, 0.1) is 0 Å². The molecule has 2 atom stereocenters. The van der Waals surface area contributed by atoms with E-state index < -0.39 is 12.2 Å². The molecule has 1 saturated heterocycles. The maximum atomic E-state index is 12.1. The number of β-amino-alcohol motifs (C(OH)–C–C–N with tert-alkyl or cyclic N) is 2. The fraction of sp³-hybridized carbons (Fsp3) is 0.364. The Morgan fingerprint density at radius 1 is 1.12 bits per heavy atom. The Labute approximate surface area is 115 Å². The topological polar surface area (TPSA) is 60.8 Å². The minimum atomic E-state index is -0.852. The molecule has 17 heavy (non-hydrogen) atoms. The summed E-state index contributed by atoms with van der Waals surface area (Å²) in [5.41, 5.74) is 0.521. The molecule has 1 aliphatic rings. The van der Waals surface area contributed by atoms with Gasteiger partial charge in [-0.25, -0.2) is 0 Å². The molecule has 0 saturated carbocycles. The van der Waals surface area contributed by atoms with E-state index in [9.17, 15) is 15.0 Å². The Balaban J connectivity index is 2.20. The van der Waals surface area contributed by atoms with Crippen molar-refractivity contribution in [1.82, 2.24) is 4.90 Å². The van der Waals surface area contributed by atoms with Crippen LogP contribution in [0.2, 0.25) is 0 Å². The van der Waals surface area contributed by atoms with Gasteiger partial charge in [0, 0.05) is 27.6 Å². The summed E-state index contributed by atoms with van der Waals surface area (Å²) in [7, 11) is 0. The quantitative estimate of drug-likeness (QED) is 0.791. The molecular weight excluding hydrogens is 354 g/mol. The molecule has 0 radical (unpaired) electrons. The third kappa shape index (κ3) is 2.88. The SMILES string of the molecule is O=C(c1cc(Br)cc(Br)c1)N1CC(O)C(O)C1. The molecule has 1 heterocycles. The van der Waals surface area contributed by atoms with Gasteiger partial charge in [0.05, 0.1) is 12.2 Å². The standard InChI is InChI=1S/C11H11Br2NO3/c12-7-1-6(2-8(13)3-7)11(17)14-4-9(15)10(16)5-14/h1-3,9-10,15-16H,4-5H2. The van der Waals surface area contributed by atoms with Gasteiger partial charge in [-0.05, 0) is 18.2 Å². The average Bonchev–Trinajstić information content (AvgIpc) is 2.57. The monoisotopic (exact) mass is 363 g/mol. The fourth-order valence-corrected chi connectivity index (χ4v) is 3.09. The van der Waals surface area contributed by atoms with Crippen molar-refractivity contribution in [2.75, 3.05) is 13.1 Å². The first-order valence-electron chi connectivity index (χ1n) is 5.09. The number of aliphatic hydroxyl groups excluding tert-OH is 2. The molecule has 1 amide bonds. The van der Waals surface area contributed by atoms with Crippen LogP contribution in [0.25, 0.3) is 0 Å². The Bertz CT molecular complexity index is 422. The van der Waals surface area contributed by atoms with Crippen LogP contribution in [0.15, 0.2) is 27.1 Å². The minimum Gasteiger partial charge on any atom is -0.388 e. The number of hydrogen-bond acceptors (Lipinski definition) is 3. The van der Waals surface area contributed by atoms with Gasteiger partial charge in [0.1, 0.15) is 0 Å². The van der Waals surface area contributed by atoms with Crippen molar-refractivity contribution >= 4 is 37.8 Å². The minimum absolute atomic E-state index is 0.171. The van der Waals surface area contributed by atoms with Gasteiger partial charge in [-0.1, -0.05) is 31.9 Å². The highest BCUT2D eigenvalue weighted by Gasteiger charge is 2.32. The Kier molecular flexibility index (Phi) is 3.87. The van der Waals surface area contributed by atoms with Crippen LogP contribution in [0.5, 0.6) is 0 Å². The van der Waals surface area contributed by atoms with Crippen molar-refractivity contribution in [3.8, 4) is 0 Å². The van der Waals surface area contributed by atoms with Crippen molar-refractivity contribution in [3.63, 3.8) is 0 Å². The molecule has 2 N–H and O–H groups in total. The van der Waals surface area contributed by atoms with Gasteiger partial charge in [-0.15, -0.1) is 0 Å². The van der Waals surface area contributed by atoms with Gasteiger partial charge in [0.15, 0.2) is 0 Å². The molecule has 2 rings (SSSR count). The first-order valence-corrected chi connectivity index (χ1v) is 6.67. The van der Waals surface area contributed by atoms with E-state index in [1.807, 2.05) is 6.07 Å². The first kappa shape index (κ1) is 13.0. The van der Waals surface area contributed by atoms with E-state index >= 15 is 0 Å². The number of carbonyl (C=O) groups is 1. The third-order valence-electron chi connectivity index (χ3n) is 2.66. The second kappa shape index (κ2) is 5.06. The molecule has 2 unspecified atom stereocenters. The molecule has 6 heteroatoms. The maximum absolute atomic E-state index is 12.1. The van der Waals surface area contributed by atoms with E-state index in [2.05, 4.69) is 31.9 Å². The molecule has 1 aromatic carbocycles. The molecule has 0 bridgehead atoms. The molecule has 0 aliphatic carbocycles. The van der Waals surface area contributed by atoms with Crippen molar-refractivity contribution in [2.45, 2.75) is 12.2 Å².